The molecule has 0 aliphatic rings. The van der Waals surface area contributed by atoms with E-state index in [4.69, 9.17) is 4.74 Å². The minimum atomic E-state index is -0.335. The highest BCUT2D eigenvalue weighted by atomic mass is 16.5. The highest BCUT2D eigenvalue weighted by Crippen LogP contribution is 2.21. The number of para-hydroxylation sites is 2. The van der Waals surface area contributed by atoms with Crippen molar-refractivity contribution in [2.75, 3.05) is 7.11 Å². The number of esters is 1. The molecule has 140 valence electrons. The van der Waals surface area contributed by atoms with Crippen molar-refractivity contribution in [1.82, 2.24) is 14.3 Å². The van der Waals surface area contributed by atoms with Crippen molar-refractivity contribution in [2.24, 2.45) is 0 Å². The number of hydrogen-bond donors (Lipinski definition) is 1. The smallest absolute Gasteiger partial charge is 0.325 e. The van der Waals surface area contributed by atoms with Crippen molar-refractivity contribution >= 4 is 29.5 Å². The summed E-state index contributed by atoms with van der Waals surface area (Å²) in [5.74, 6) is -0.335. The Morgan fingerprint density at radius 2 is 1.86 bits per heavy atom. The Balaban J connectivity index is 1.90. The topological polar surface area (TPSA) is 69.0 Å². The van der Waals surface area contributed by atoms with Gasteiger partial charge < -0.3 is 9.30 Å². The molecule has 2 aromatic heterocycles. The molecule has 0 atom stereocenters. The molecule has 28 heavy (non-hydrogen) atoms. The highest BCUT2D eigenvalue weighted by Gasteiger charge is 2.11. The number of aromatic nitrogens is 3. The number of H-pyrrole nitrogens is 1. The number of nitrogens with one attached hydrogen (secondary N) is 1. The number of aromatic amines is 1. The van der Waals surface area contributed by atoms with Gasteiger partial charge in [0.15, 0.2) is 0 Å². The summed E-state index contributed by atoms with van der Waals surface area (Å²) in [6, 6.07) is 17.1. The number of carbonyl (C=O) groups excluding carboxylic acids is 1. The Morgan fingerprint density at radius 3 is 2.61 bits per heavy atom. The third-order valence-electron chi connectivity index (χ3n) is 4.67. The van der Waals surface area contributed by atoms with Gasteiger partial charge in [0, 0.05) is 22.7 Å². The van der Waals surface area contributed by atoms with Gasteiger partial charge in [0.2, 0.25) is 0 Å². The lowest BCUT2D eigenvalue weighted by molar-refractivity contribution is -0.141. The quantitative estimate of drug-likeness (QED) is 0.552. The second-order valence-corrected chi connectivity index (χ2v) is 6.43. The fraction of sp³-hybridized carbons (Fsp3) is 0.0909. The Morgan fingerprint density at radius 1 is 1.14 bits per heavy atom. The molecule has 0 spiro atoms. The Kier molecular flexibility index (Phi) is 4.45. The number of ether oxygens (including phenoxy) is 1. The van der Waals surface area contributed by atoms with E-state index in [9.17, 15) is 9.59 Å². The lowest BCUT2D eigenvalue weighted by atomic mass is 10.1. The van der Waals surface area contributed by atoms with Gasteiger partial charge >= 0.3 is 5.97 Å². The zero-order chi connectivity index (χ0) is 19.7. The number of nitrogens with zero attached hydrogens (tertiary/aromatic N) is 2. The fourth-order valence-corrected chi connectivity index (χ4v) is 3.28. The molecule has 0 aliphatic carbocycles. The molecule has 4 rings (SSSR count). The zero-order valence-corrected chi connectivity index (χ0v) is 15.4. The van der Waals surface area contributed by atoms with Gasteiger partial charge in [0.05, 0.1) is 23.4 Å². The Labute approximate surface area is 160 Å². The van der Waals surface area contributed by atoms with Crippen molar-refractivity contribution in [1.29, 1.82) is 0 Å². The first kappa shape index (κ1) is 17.6. The third kappa shape index (κ3) is 3.05. The summed E-state index contributed by atoms with van der Waals surface area (Å²) in [6.45, 7) is 4.08. The van der Waals surface area contributed by atoms with Crippen molar-refractivity contribution in [2.45, 2.75) is 6.54 Å². The molecule has 1 N–H and O–H groups in total. The summed E-state index contributed by atoms with van der Waals surface area (Å²) >= 11 is 0. The summed E-state index contributed by atoms with van der Waals surface area (Å²) < 4.78 is 8.07. The molecule has 0 radical (unpaired) electrons. The number of carbonyl (C=O) groups is 1. The molecule has 2 aromatic carbocycles. The summed E-state index contributed by atoms with van der Waals surface area (Å²) in [7, 11) is 1.36. The van der Waals surface area contributed by atoms with Gasteiger partial charge in [0.25, 0.3) is 5.56 Å². The fourth-order valence-electron chi connectivity index (χ4n) is 3.28. The van der Waals surface area contributed by atoms with Gasteiger partial charge in [-0.15, -0.1) is 0 Å². The van der Waals surface area contributed by atoms with E-state index >= 15 is 0 Å². The standard InChI is InChI=1S/C22H19N3O3/c1-15-19(22(27)25(23-15)17-8-4-3-5-9-17)12-16-13-24(14-21(26)28-2)20-11-7-6-10-18(16)20/h3-13,23H,1,14H2,2H3/b19-12+. The van der Waals surface area contributed by atoms with Gasteiger partial charge in [-0.2, -0.15) is 0 Å². The number of methoxy groups -OCH3 is 1. The maximum absolute atomic E-state index is 12.9. The minimum Gasteiger partial charge on any atom is -0.468 e. The molecule has 0 saturated heterocycles. The van der Waals surface area contributed by atoms with E-state index < -0.39 is 0 Å². The molecule has 6 nitrogen and oxygen atoms in total. The van der Waals surface area contributed by atoms with Gasteiger partial charge in [-0.05, 0) is 24.3 Å². The van der Waals surface area contributed by atoms with Crippen LogP contribution in [0, 0.1) is 0 Å². The molecular formula is C22H19N3O3. The maximum atomic E-state index is 12.9. The second-order valence-electron chi connectivity index (χ2n) is 6.43. The highest BCUT2D eigenvalue weighted by molar-refractivity contribution is 5.90. The summed E-state index contributed by atoms with van der Waals surface area (Å²) in [5, 5.41) is 4.97. The number of hydrogen-bond acceptors (Lipinski definition) is 3. The van der Waals surface area contributed by atoms with Crippen LogP contribution in [0.25, 0.3) is 29.2 Å². The van der Waals surface area contributed by atoms with Crippen LogP contribution in [0.15, 0.2) is 65.6 Å². The maximum Gasteiger partial charge on any atom is 0.325 e. The SMILES string of the molecule is C=c1[nH]n(-c2ccccc2)c(=O)/c1=C/c1cn(CC(=O)OC)c2ccccc12. The predicted molar refractivity (Wildman–Crippen MR) is 109 cm³/mol. The first-order valence-electron chi connectivity index (χ1n) is 8.80. The van der Waals surface area contributed by atoms with Crippen LogP contribution < -0.4 is 16.1 Å². The van der Waals surface area contributed by atoms with Gasteiger partial charge in [-0.3, -0.25) is 14.7 Å². The first-order valence-corrected chi connectivity index (χ1v) is 8.80. The zero-order valence-electron chi connectivity index (χ0n) is 15.4. The van der Waals surface area contributed by atoms with E-state index in [1.165, 1.54) is 11.8 Å². The number of fused-ring (bicyclic) bond motifs is 1. The van der Waals surface area contributed by atoms with Crippen LogP contribution in [0.4, 0.5) is 0 Å². The van der Waals surface area contributed by atoms with Gasteiger partial charge in [-0.1, -0.05) is 43.0 Å². The molecule has 0 bridgehead atoms. The van der Waals surface area contributed by atoms with Crippen molar-refractivity contribution < 1.29 is 9.53 Å². The van der Waals surface area contributed by atoms with E-state index in [2.05, 4.69) is 11.7 Å². The third-order valence-corrected chi connectivity index (χ3v) is 4.67. The van der Waals surface area contributed by atoms with Crippen LogP contribution in [0.2, 0.25) is 0 Å². The van der Waals surface area contributed by atoms with Crippen LogP contribution >= 0.6 is 0 Å². The molecular weight excluding hydrogens is 354 g/mol. The molecule has 6 heteroatoms. The van der Waals surface area contributed by atoms with Crippen LogP contribution in [-0.4, -0.2) is 27.4 Å². The van der Waals surface area contributed by atoms with Gasteiger partial charge in [-0.25, -0.2) is 4.68 Å². The van der Waals surface area contributed by atoms with Crippen LogP contribution in [0.3, 0.4) is 0 Å². The van der Waals surface area contributed by atoms with Gasteiger partial charge in [0.1, 0.15) is 6.54 Å². The Hall–Kier alpha value is -3.80. The lowest BCUT2D eigenvalue weighted by Crippen LogP contribution is -2.33. The summed E-state index contributed by atoms with van der Waals surface area (Å²) in [5.41, 5.74) is 2.29. The molecule has 4 aromatic rings. The molecule has 2 heterocycles. The normalized spacial score (nSPS) is 11.8. The second kappa shape index (κ2) is 7.08. The lowest BCUT2D eigenvalue weighted by Gasteiger charge is -2.02. The summed E-state index contributed by atoms with van der Waals surface area (Å²) in [6.07, 6.45) is 3.65. The van der Waals surface area contributed by atoms with Crippen LogP contribution in [-0.2, 0) is 16.1 Å². The average Bonchev–Trinajstić information content (AvgIpc) is 3.21. The summed E-state index contributed by atoms with van der Waals surface area (Å²) in [4.78, 5) is 24.7. The molecule has 0 aliphatic heterocycles. The van der Waals surface area contributed by atoms with Crippen LogP contribution in [0.1, 0.15) is 5.56 Å². The first-order chi connectivity index (χ1) is 13.6. The molecule has 0 saturated carbocycles. The largest absolute Gasteiger partial charge is 0.468 e. The number of rotatable bonds is 4. The predicted octanol–water partition coefficient (Wildman–Crippen LogP) is 1.53. The molecule has 0 amide bonds. The minimum absolute atomic E-state index is 0.101. The van der Waals surface area contributed by atoms with E-state index in [-0.39, 0.29) is 18.1 Å². The van der Waals surface area contributed by atoms with E-state index in [0.29, 0.717) is 10.6 Å². The van der Waals surface area contributed by atoms with Crippen molar-refractivity contribution in [3.8, 4) is 5.69 Å². The molecule has 0 fully saturated rings. The molecule has 0 unspecified atom stereocenters. The van der Waals surface area contributed by atoms with Crippen molar-refractivity contribution in [3.63, 3.8) is 0 Å². The van der Waals surface area contributed by atoms with E-state index in [1.54, 1.807) is 6.08 Å². The van der Waals surface area contributed by atoms with E-state index in [1.807, 2.05) is 65.4 Å². The monoisotopic (exact) mass is 373 g/mol. The average molecular weight is 373 g/mol. The van der Waals surface area contributed by atoms with Crippen molar-refractivity contribution in [3.05, 3.63) is 87.3 Å². The Bertz CT molecular complexity index is 1330. The van der Waals surface area contributed by atoms with E-state index in [0.717, 1.165) is 22.2 Å². The van der Waals surface area contributed by atoms with Crippen LogP contribution in [0.5, 0.6) is 0 Å². The number of benzene rings is 2.